The van der Waals surface area contributed by atoms with E-state index in [0.717, 1.165) is 12.8 Å². The van der Waals surface area contributed by atoms with Gasteiger partial charge in [0.2, 0.25) is 5.91 Å². The monoisotopic (exact) mass is 359 g/mol. The van der Waals surface area contributed by atoms with Gasteiger partial charge in [-0.2, -0.15) is 0 Å². The largest absolute Gasteiger partial charge is 0.395 e. The molecule has 3 rings (SSSR count). The predicted octanol–water partition coefficient (Wildman–Crippen LogP) is 2.40. The second-order valence-corrected chi connectivity index (χ2v) is 6.93. The second kappa shape index (κ2) is 8.24. The number of hydrogen-bond acceptors (Lipinski definition) is 5. The number of thiophene rings is 1. The highest BCUT2D eigenvalue weighted by molar-refractivity contribution is 7.12. The van der Waals surface area contributed by atoms with Crippen LogP contribution in [0.25, 0.3) is 0 Å². The van der Waals surface area contributed by atoms with E-state index in [0.29, 0.717) is 28.8 Å². The van der Waals surface area contributed by atoms with Crippen molar-refractivity contribution in [1.82, 2.24) is 4.90 Å². The van der Waals surface area contributed by atoms with Crippen LogP contribution in [-0.2, 0) is 4.79 Å². The highest BCUT2D eigenvalue weighted by Crippen LogP contribution is 2.26. The fourth-order valence-electron chi connectivity index (χ4n) is 2.58. The normalized spacial score (nSPS) is 13.7. The number of carbonyl (C=O) groups excluding carboxylic acids is 2. The van der Waals surface area contributed by atoms with Gasteiger partial charge in [0.25, 0.3) is 5.91 Å². The van der Waals surface area contributed by atoms with E-state index < -0.39 is 0 Å². The number of rotatable bonds is 8. The number of carbonyl (C=O) groups is 2. The third kappa shape index (κ3) is 5.12. The number of amides is 2. The Kier molecular flexibility index (Phi) is 5.80. The van der Waals surface area contributed by atoms with Gasteiger partial charge in [0.15, 0.2) is 0 Å². The van der Waals surface area contributed by atoms with Crippen LogP contribution >= 0.6 is 11.3 Å². The fourth-order valence-corrected chi connectivity index (χ4v) is 3.20. The highest BCUT2D eigenvalue weighted by atomic mass is 32.1. The molecule has 0 bridgehead atoms. The quantitative estimate of drug-likeness (QED) is 0.676. The first-order valence-corrected chi connectivity index (χ1v) is 9.13. The lowest BCUT2D eigenvalue weighted by atomic mass is 10.2. The molecule has 3 N–H and O–H groups in total. The fraction of sp³-hybridized carbons (Fsp3) is 0.333. The van der Waals surface area contributed by atoms with Crippen molar-refractivity contribution in [3.8, 4) is 0 Å². The van der Waals surface area contributed by atoms with Crippen molar-refractivity contribution in [3.05, 3.63) is 46.7 Å². The van der Waals surface area contributed by atoms with E-state index >= 15 is 0 Å². The summed E-state index contributed by atoms with van der Waals surface area (Å²) in [7, 11) is 0. The van der Waals surface area contributed by atoms with Gasteiger partial charge in [0.1, 0.15) is 0 Å². The Morgan fingerprint density at radius 3 is 2.36 bits per heavy atom. The molecule has 1 saturated carbocycles. The standard InChI is InChI=1S/C18H21N3O3S/c22-10-9-21(15-7-8-15)12-17(23)19-13-3-5-14(6-4-13)20-18(24)16-2-1-11-25-16/h1-6,11,15,22H,7-10,12H2,(H,19,23)(H,20,24). The Balaban J connectivity index is 1.51. The summed E-state index contributed by atoms with van der Waals surface area (Å²) in [4.78, 5) is 26.8. The lowest BCUT2D eigenvalue weighted by molar-refractivity contribution is -0.117. The van der Waals surface area contributed by atoms with Gasteiger partial charge in [-0.3, -0.25) is 14.5 Å². The minimum atomic E-state index is -0.143. The van der Waals surface area contributed by atoms with Crippen molar-refractivity contribution in [2.75, 3.05) is 30.3 Å². The van der Waals surface area contributed by atoms with Gasteiger partial charge >= 0.3 is 0 Å². The number of benzene rings is 1. The molecule has 1 aliphatic carbocycles. The molecule has 1 heterocycles. The summed E-state index contributed by atoms with van der Waals surface area (Å²) in [5, 5.41) is 16.6. The molecule has 0 radical (unpaired) electrons. The Hall–Kier alpha value is -2.22. The first kappa shape index (κ1) is 17.6. The molecule has 2 aromatic rings. The highest BCUT2D eigenvalue weighted by Gasteiger charge is 2.29. The maximum Gasteiger partial charge on any atom is 0.265 e. The SMILES string of the molecule is O=C(CN(CCO)C1CC1)Nc1ccc(NC(=O)c2cccs2)cc1. The summed E-state index contributed by atoms with van der Waals surface area (Å²) in [5.41, 5.74) is 1.36. The van der Waals surface area contributed by atoms with Crippen LogP contribution in [0.3, 0.4) is 0 Å². The topological polar surface area (TPSA) is 81.7 Å². The first-order chi connectivity index (χ1) is 12.2. The molecule has 1 aromatic carbocycles. The molecule has 132 valence electrons. The minimum Gasteiger partial charge on any atom is -0.395 e. The molecule has 0 aliphatic heterocycles. The van der Waals surface area contributed by atoms with Crippen LogP contribution in [0, 0.1) is 0 Å². The molecule has 25 heavy (non-hydrogen) atoms. The van der Waals surface area contributed by atoms with Crippen LogP contribution in [0.5, 0.6) is 0 Å². The average Bonchev–Trinajstić information content (AvgIpc) is 3.30. The molecule has 0 atom stereocenters. The average molecular weight is 359 g/mol. The zero-order valence-electron chi connectivity index (χ0n) is 13.8. The van der Waals surface area contributed by atoms with Crippen LogP contribution in [-0.4, -0.2) is 47.6 Å². The summed E-state index contributed by atoms with van der Waals surface area (Å²) in [5.74, 6) is -0.244. The number of anilines is 2. The summed E-state index contributed by atoms with van der Waals surface area (Å²) < 4.78 is 0. The maximum atomic E-state index is 12.1. The van der Waals surface area contributed by atoms with E-state index in [4.69, 9.17) is 5.11 Å². The lowest BCUT2D eigenvalue weighted by Gasteiger charge is -2.20. The molecule has 0 unspecified atom stereocenters. The van der Waals surface area contributed by atoms with Crippen LogP contribution in [0.4, 0.5) is 11.4 Å². The molecule has 0 saturated heterocycles. The molecular weight excluding hydrogens is 338 g/mol. The second-order valence-electron chi connectivity index (χ2n) is 5.98. The first-order valence-electron chi connectivity index (χ1n) is 8.25. The molecule has 1 aliphatic rings. The molecule has 1 fully saturated rings. The summed E-state index contributed by atoms with van der Waals surface area (Å²) in [6.07, 6.45) is 2.18. The van der Waals surface area contributed by atoms with Gasteiger partial charge in [-0.1, -0.05) is 6.07 Å². The van der Waals surface area contributed by atoms with Gasteiger partial charge in [-0.15, -0.1) is 11.3 Å². The van der Waals surface area contributed by atoms with E-state index in [-0.39, 0.29) is 25.0 Å². The van der Waals surface area contributed by atoms with Gasteiger partial charge in [0.05, 0.1) is 18.0 Å². The Labute approximate surface area is 150 Å². The Morgan fingerprint density at radius 1 is 1.12 bits per heavy atom. The van der Waals surface area contributed by atoms with E-state index in [1.807, 2.05) is 16.3 Å². The van der Waals surface area contributed by atoms with E-state index in [1.54, 1.807) is 30.3 Å². The Bertz CT molecular complexity index is 712. The number of aliphatic hydroxyl groups excluding tert-OH is 1. The third-order valence-electron chi connectivity index (χ3n) is 3.97. The van der Waals surface area contributed by atoms with Gasteiger partial charge in [0, 0.05) is 24.0 Å². The van der Waals surface area contributed by atoms with Crippen LogP contribution in [0.2, 0.25) is 0 Å². The lowest BCUT2D eigenvalue weighted by Crippen LogP contribution is -2.36. The zero-order chi connectivity index (χ0) is 17.6. The van der Waals surface area contributed by atoms with Crippen LogP contribution in [0.15, 0.2) is 41.8 Å². The Morgan fingerprint density at radius 2 is 1.80 bits per heavy atom. The summed E-state index contributed by atoms with van der Waals surface area (Å²) >= 11 is 1.39. The molecule has 0 spiro atoms. The van der Waals surface area contributed by atoms with Crippen molar-refractivity contribution in [2.45, 2.75) is 18.9 Å². The van der Waals surface area contributed by atoms with Crippen molar-refractivity contribution >= 4 is 34.5 Å². The third-order valence-corrected chi connectivity index (χ3v) is 4.84. The molecular formula is C18H21N3O3S. The van der Waals surface area contributed by atoms with E-state index in [2.05, 4.69) is 10.6 Å². The van der Waals surface area contributed by atoms with Crippen LogP contribution in [0.1, 0.15) is 22.5 Å². The minimum absolute atomic E-state index is 0.0580. The molecule has 1 aromatic heterocycles. The van der Waals surface area contributed by atoms with Crippen molar-refractivity contribution in [1.29, 1.82) is 0 Å². The van der Waals surface area contributed by atoms with E-state index in [1.165, 1.54) is 11.3 Å². The van der Waals surface area contributed by atoms with Gasteiger partial charge in [-0.05, 0) is 48.6 Å². The summed E-state index contributed by atoms with van der Waals surface area (Å²) in [6.45, 7) is 0.857. The summed E-state index contributed by atoms with van der Waals surface area (Å²) in [6, 6.07) is 11.1. The maximum absolute atomic E-state index is 12.1. The van der Waals surface area contributed by atoms with Gasteiger partial charge in [-0.25, -0.2) is 0 Å². The molecule has 7 heteroatoms. The molecule has 6 nitrogen and oxygen atoms in total. The predicted molar refractivity (Wildman–Crippen MR) is 99.0 cm³/mol. The van der Waals surface area contributed by atoms with Crippen molar-refractivity contribution < 1.29 is 14.7 Å². The van der Waals surface area contributed by atoms with Crippen LogP contribution < -0.4 is 10.6 Å². The number of hydrogen-bond donors (Lipinski definition) is 3. The van der Waals surface area contributed by atoms with E-state index in [9.17, 15) is 9.59 Å². The number of nitrogens with zero attached hydrogens (tertiary/aromatic N) is 1. The van der Waals surface area contributed by atoms with Crippen molar-refractivity contribution in [3.63, 3.8) is 0 Å². The van der Waals surface area contributed by atoms with Gasteiger partial charge < -0.3 is 15.7 Å². The zero-order valence-corrected chi connectivity index (χ0v) is 14.6. The van der Waals surface area contributed by atoms with Crippen molar-refractivity contribution in [2.24, 2.45) is 0 Å². The smallest absolute Gasteiger partial charge is 0.265 e. The number of nitrogens with one attached hydrogen (secondary N) is 2. The molecule has 2 amide bonds. The number of aliphatic hydroxyl groups is 1.